The number of allylic oxidation sites excluding steroid dienone is 1. The van der Waals surface area contributed by atoms with Crippen LogP contribution < -0.4 is 19.6 Å². The van der Waals surface area contributed by atoms with Crippen molar-refractivity contribution in [1.29, 1.82) is 0 Å². The Morgan fingerprint density at radius 1 is 1.17 bits per heavy atom. The summed E-state index contributed by atoms with van der Waals surface area (Å²) in [6.45, 7) is 5.17. The Balaban J connectivity index is 1.66. The van der Waals surface area contributed by atoms with E-state index in [-0.39, 0.29) is 11.3 Å². The van der Waals surface area contributed by atoms with Crippen molar-refractivity contribution in [3.8, 4) is 17.1 Å². The van der Waals surface area contributed by atoms with E-state index in [1.165, 1.54) is 24.9 Å². The van der Waals surface area contributed by atoms with Gasteiger partial charge in [-0.05, 0) is 62.7 Å². The van der Waals surface area contributed by atoms with Gasteiger partial charge < -0.3 is 13.9 Å². The molecule has 0 saturated heterocycles. The van der Waals surface area contributed by atoms with Gasteiger partial charge in [-0.1, -0.05) is 22.9 Å². The topological polar surface area (TPSA) is 126 Å². The van der Waals surface area contributed by atoms with Gasteiger partial charge in [-0.3, -0.25) is 19.5 Å². The Labute approximate surface area is 242 Å². The molecule has 0 unspecified atom stereocenters. The number of rotatable bonds is 6. The molecule has 12 heteroatoms. The molecular weight excluding hydrogens is 570 g/mol. The van der Waals surface area contributed by atoms with Crippen molar-refractivity contribution in [2.45, 2.75) is 26.8 Å². The fraction of sp³-hybridized carbons (Fsp3) is 0.207. The van der Waals surface area contributed by atoms with Crippen LogP contribution in [0.5, 0.6) is 5.75 Å². The van der Waals surface area contributed by atoms with Crippen LogP contribution >= 0.6 is 22.9 Å². The van der Waals surface area contributed by atoms with Crippen LogP contribution in [0.2, 0.25) is 5.02 Å². The second-order valence-corrected chi connectivity index (χ2v) is 10.8. The van der Waals surface area contributed by atoms with Gasteiger partial charge in [-0.2, -0.15) is 0 Å². The van der Waals surface area contributed by atoms with E-state index >= 15 is 0 Å². The molecule has 0 radical (unpaired) electrons. The van der Waals surface area contributed by atoms with E-state index in [1.54, 1.807) is 57.2 Å². The zero-order valence-corrected chi connectivity index (χ0v) is 24.3. The summed E-state index contributed by atoms with van der Waals surface area (Å²) in [5.74, 6) is 0.585. The number of carbonyl (C=O) groups excluding carboxylic acids is 1. The molecule has 0 aliphatic carbocycles. The molecule has 0 bridgehead atoms. The molecule has 10 nitrogen and oxygen atoms in total. The normalized spacial score (nSPS) is 15.0. The van der Waals surface area contributed by atoms with E-state index in [0.29, 0.717) is 54.0 Å². The molecule has 0 spiro atoms. The standard InChI is InChI=1S/C29H24ClN3O7S/c1-14-10-17(11-21(15(14)2)33(36)37)22-9-7-19(40-22)13-24-27(34)32-26(20-12-18(30)6-8-23(20)38-4)25(28(35)39-5)16(3)31-29(32)41-24/h6-13,26H,1-5H3/b24-13-/t26-/m0/s1. The number of hydrogen-bond donors (Lipinski definition) is 0. The van der Waals surface area contributed by atoms with Gasteiger partial charge in [0, 0.05) is 33.9 Å². The monoisotopic (exact) mass is 593 g/mol. The molecule has 1 atom stereocenters. The number of esters is 1. The number of ether oxygens (including phenoxy) is 2. The third kappa shape index (κ3) is 4.98. The smallest absolute Gasteiger partial charge is 0.338 e. The Hall–Kier alpha value is -4.48. The van der Waals surface area contributed by atoms with Gasteiger partial charge in [-0.25, -0.2) is 9.79 Å². The predicted octanol–water partition coefficient (Wildman–Crippen LogP) is 4.86. The summed E-state index contributed by atoms with van der Waals surface area (Å²) < 4.78 is 18.3. The number of nitro benzene ring substituents is 1. The lowest BCUT2D eigenvalue weighted by Gasteiger charge is -2.25. The van der Waals surface area contributed by atoms with E-state index in [9.17, 15) is 19.7 Å². The van der Waals surface area contributed by atoms with Gasteiger partial charge in [0.2, 0.25) is 0 Å². The molecule has 1 aliphatic heterocycles. The largest absolute Gasteiger partial charge is 0.496 e. The highest BCUT2D eigenvalue weighted by atomic mass is 35.5. The quantitative estimate of drug-likeness (QED) is 0.178. The van der Waals surface area contributed by atoms with Gasteiger partial charge in [0.15, 0.2) is 4.80 Å². The molecular formula is C29H24ClN3O7S. The van der Waals surface area contributed by atoms with Crippen molar-refractivity contribution in [1.82, 2.24) is 4.57 Å². The zero-order chi connectivity index (χ0) is 29.6. The first-order valence-electron chi connectivity index (χ1n) is 12.3. The van der Waals surface area contributed by atoms with Gasteiger partial charge >= 0.3 is 5.97 Å². The fourth-order valence-electron chi connectivity index (χ4n) is 4.79. The van der Waals surface area contributed by atoms with Crippen LogP contribution in [-0.2, 0) is 9.53 Å². The van der Waals surface area contributed by atoms with Crippen molar-refractivity contribution in [2.75, 3.05) is 14.2 Å². The third-order valence-electron chi connectivity index (χ3n) is 6.93. The van der Waals surface area contributed by atoms with Crippen molar-refractivity contribution < 1.29 is 23.6 Å². The summed E-state index contributed by atoms with van der Waals surface area (Å²) in [5.41, 5.74) is 2.56. The number of nitrogens with zero attached hydrogens (tertiary/aromatic N) is 3. The number of fused-ring (bicyclic) bond motifs is 1. The highest BCUT2D eigenvalue weighted by molar-refractivity contribution is 7.07. The first kappa shape index (κ1) is 28.1. The molecule has 0 N–H and O–H groups in total. The lowest BCUT2D eigenvalue weighted by molar-refractivity contribution is -0.385. The maximum atomic E-state index is 13.8. The molecule has 0 saturated carbocycles. The van der Waals surface area contributed by atoms with E-state index in [4.69, 9.17) is 25.5 Å². The van der Waals surface area contributed by atoms with E-state index in [2.05, 4.69) is 4.99 Å². The lowest BCUT2D eigenvalue weighted by atomic mass is 9.95. The SMILES string of the molecule is COC(=O)C1=C(C)N=c2s/c(=C\c3ccc(-c4cc(C)c(C)c([N+](=O)[O-])c4)o3)c(=O)n2[C@H]1c1cc(Cl)ccc1OC. The Morgan fingerprint density at radius 3 is 2.61 bits per heavy atom. The van der Waals surface area contributed by atoms with Gasteiger partial charge in [-0.15, -0.1) is 0 Å². The molecule has 2 aromatic carbocycles. The Morgan fingerprint density at radius 2 is 1.93 bits per heavy atom. The average molecular weight is 594 g/mol. The van der Waals surface area contributed by atoms with E-state index in [1.807, 2.05) is 6.07 Å². The van der Waals surface area contributed by atoms with E-state index < -0.39 is 22.5 Å². The van der Waals surface area contributed by atoms with Crippen LogP contribution in [-0.4, -0.2) is 29.7 Å². The number of halogens is 1. The number of aryl methyl sites for hydroxylation is 1. The minimum absolute atomic E-state index is 0.000479. The minimum Gasteiger partial charge on any atom is -0.496 e. The molecule has 0 amide bonds. The number of methoxy groups -OCH3 is 2. The van der Waals surface area contributed by atoms with E-state index in [0.717, 1.165) is 16.9 Å². The van der Waals surface area contributed by atoms with Crippen molar-refractivity contribution >= 4 is 40.7 Å². The summed E-state index contributed by atoms with van der Waals surface area (Å²) in [6, 6.07) is 10.7. The summed E-state index contributed by atoms with van der Waals surface area (Å²) in [5, 5.41) is 11.9. The summed E-state index contributed by atoms with van der Waals surface area (Å²) in [6.07, 6.45) is 1.58. The van der Waals surface area contributed by atoms with Crippen molar-refractivity contribution in [2.24, 2.45) is 4.99 Å². The maximum Gasteiger partial charge on any atom is 0.338 e. The van der Waals surface area contributed by atoms with Gasteiger partial charge in [0.1, 0.15) is 23.3 Å². The number of aromatic nitrogens is 1. The first-order valence-corrected chi connectivity index (χ1v) is 13.5. The second-order valence-electron chi connectivity index (χ2n) is 9.36. The Bertz CT molecular complexity index is 1950. The molecule has 3 heterocycles. The van der Waals surface area contributed by atoms with Crippen molar-refractivity contribution in [3.63, 3.8) is 0 Å². The molecule has 1 aliphatic rings. The summed E-state index contributed by atoms with van der Waals surface area (Å²) in [7, 11) is 2.75. The van der Waals surface area contributed by atoms with Crippen LogP contribution in [0.1, 0.15) is 35.4 Å². The molecule has 0 fully saturated rings. The predicted molar refractivity (Wildman–Crippen MR) is 154 cm³/mol. The molecule has 5 rings (SSSR count). The van der Waals surface area contributed by atoms with Crippen LogP contribution in [0.15, 0.2) is 67.9 Å². The molecule has 210 valence electrons. The van der Waals surface area contributed by atoms with Crippen LogP contribution in [0.3, 0.4) is 0 Å². The lowest BCUT2D eigenvalue weighted by Crippen LogP contribution is -2.40. The molecule has 4 aromatic rings. The minimum atomic E-state index is -0.905. The number of nitro groups is 1. The fourth-order valence-corrected chi connectivity index (χ4v) is 6.00. The maximum absolute atomic E-state index is 13.8. The van der Waals surface area contributed by atoms with Gasteiger partial charge in [0.25, 0.3) is 11.2 Å². The van der Waals surface area contributed by atoms with Crippen molar-refractivity contribution in [3.05, 3.63) is 111 Å². The highest BCUT2D eigenvalue weighted by Crippen LogP contribution is 2.37. The zero-order valence-electron chi connectivity index (χ0n) is 22.7. The number of thiazole rings is 1. The third-order valence-corrected chi connectivity index (χ3v) is 8.15. The highest BCUT2D eigenvalue weighted by Gasteiger charge is 2.35. The number of benzene rings is 2. The first-order chi connectivity index (χ1) is 19.5. The molecule has 2 aromatic heterocycles. The summed E-state index contributed by atoms with van der Waals surface area (Å²) in [4.78, 5) is 42.8. The van der Waals surface area contributed by atoms with Crippen LogP contribution in [0, 0.1) is 24.0 Å². The van der Waals surface area contributed by atoms with Crippen LogP contribution in [0.25, 0.3) is 17.4 Å². The molecule has 41 heavy (non-hydrogen) atoms. The Kier molecular flexibility index (Phi) is 7.41. The summed E-state index contributed by atoms with van der Waals surface area (Å²) >= 11 is 7.45. The number of hydrogen-bond acceptors (Lipinski definition) is 9. The number of furan rings is 1. The van der Waals surface area contributed by atoms with Crippen LogP contribution in [0.4, 0.5) is 5.69 Å². The van der Waals surface area contributed by atoms with Gasteiger partial charge in [0.05, 0.1) is 34.9 Å². The average Bonchev–Trinajstić information content (AvgIpc) is 3.53. The number of carbonyl (C=O) groups is 1. The second kappa shape index (κ2) is 10.8.